The molecule has 0 saturated carbocycles. The Kier molecular flexibility index (Phi) is 5.08. The van der Waals surface area contributed by atoms with Crippen molar-refractivity contribution in [3.63, 3.8) is 0 Å². The van der Waals surface area contributed by atoms with E-state index in [1.165, 1.54) is 4.90 Å². The first-order chi connectivity index (χ1) is 9.86. The molecule has 0 spiro atoms. The van der Waals surface area contributed by atoms with Crippen molar-refractivity contribution < 1.29 is 17.9 Å². The van der Waals surface area contributed by atoms with Crippen molar-refractivity contribution in [1.82, 2.24) is 4.90 Å². The van der Waals surface area contributed by atoms with E-state index in [-0.39, 0.29) is 19.1 Å². The third-order valence-corrected chi connectivity index (χ3v) is 4.90. The molecule has 21 heavy (non-hydrogen) atoms. The lowest BCUT2D eigenvalue weighted by Crippen LogP contribution is -2.48. The topological polar surface area (TPSA) is 89.7 Å². The van der Waals surface area contributed by atoms with Crippen LogP contribution in [0.5, 0.6) is 5.75 Å². The van der Waals surface area contributed by atoms with Crippen LogP contribution in [0.3, 0.4) is 0 Å². The molecule has 1 aromatic carbocycles. The molecule has 1 heterocycles. The Labute approximate surface area is 128 Å². The van der Waals surface area contributed by atoms with Crippen LogP contribution in [0.1, 0.15) is 12.8 Å². The summed E-state index contributed by atoms with van der Waals surface area (Å²) < 4.78 is 28.1. The number of sulfonamides is 1. The molecule has 0 bridgehead atoms. The molecule has 1 unspecified atom stereocenters. The number of hydrogen-bond acceptors (Lipinski definition) is 4. The average Bonchev–Trinajstić information content (AvgIpc) is 2.44. The molecule has 0 aromatic heterocycles. The minimum Gasteiger partial charge on any atom is -0.484 e. The van der Waals surface area contributed by atoms with Crippen LogP contribution in [0.2, 0.25) is 5.02 Å². The predicted octanol–water partition coefficient (Wildman–Crippen LogP) is 0.998. The van der Waals surface area contributed by atoms with E-state index in [1.54, 1.807) is 24.3 Å². The molecule has 2 N–H and O–H groups in total. The Morgan fingerprint density at radius 1 is 1.48 bits per heavy atom. The van der Waals surface area contributed by atoms with E-state index >= 15 is 0 Å². The number of carbonyl (C=O) groups excluding carboxylic acids is 1. The van der Waals surface area contributed by atoms with E-state index in [9.17, 15) is 13.2 Å². The van der Waals surface area contributed by atoms with Crippen LogP contribution in [-0.2, 0) is 14.8 Å². The Balaban J connectivity index is 1.91. The third-order valence-electron chi connectivity index (χ3n) is 3.35. The van der Waals surface area contributed by atoms with Crippen molar-refractivity contribution in [1.29, 1.82) is 0 Å². The van der Waals surface area contributed by atoms with Gasteiger partial charge >= 0.3 is 0 Å². The zero-order valence-corrected chi connectivity index (χ0v) is 12.9. The Morgan fingerprint density at radius 2 is 2.24 bits per heavy atom. The summed E-state index contributed by atoms with van der Waals surface area (Å²) >= 11 is 5.82. The van der Waals surface area contributed by atoms with E-state index in [1.807, 2.05) is 0 Å². The number of primary sulfonamides is 1. The normalized spacial score (nSPS) is 19.3. The quantitative estimate of drug-likeness (QED) is 0.890. The predicted molar refractivity (Wildman–Crippen MR) is 79.7 cm³/mol. The van der Waals surface area contributed by atoms with Crippen LogP contribution < -0.4 is 9.88 Å². The van der Waals surface area contributed by atoms with Crippen LogP contribution in [0.25, 0.3) is 0 Å². The van der Waals surface area contributed by atoms with Crippen molar-refractivity contribution >= 4 is 27.5 Å². The highest BCUT2D eigenvalue weighted by molar-refractivity contribution is 7.89. The van der Waals surface area contributed by atoms with E-state index in [0.717, 1.165) is 0 Å². The summed E-state index contributed by atoms with van der Waals surface area (Å²) in [6, 6.07) is 6.73. The van der Waals surface area contributed by atoms with Gasteiger partial charge in [-0.2, -0.15) is 0 Å². The number of benzene rings is 1. The molecule has 1 fully saturated rings. The first kappa shape index (κ1) is 16.1. The molecule has 2 rings (SSSR count). The van der Waals surface area contributed by atoms with Crippen LogP contribution in [0.4, 0.5) is 0 Å². The molecule has 1 saturated heterocycles. The van der Waals surface area contributed by atoms with Gasteiger partial charge in [0, 0.05) is 18.1 Å². The van der Waals surface area contributed by atoms with Crippen molar-refractivity contribution in [3.8, 4) is 5.75 Å². The second kappa shape index (κ2) is 6.64. The van der Waals surface area contributed by atoms with E-state index < -0.39 is 15.3 Å². The number of carbonyl (C=O) groups is 1. The zero-order chi connectivity index (χ0) is 15.5. The van der Waals surface area contributed by atoms with Gasteiger partial charge in [0.05, 0.1) is 5.25 Å². The number of amides is 1. The van der Waals surface area contributed by atoms with Gasteiger partial charge in [-0.15, -0.1) is 0 Å². The van der Waals surface area contributed by atoms with Gasteiger partial charge in [-0.1, -0.05) is 17.7 Å². The first-order valence-corrected chi connectivity index (χ1v) is 8.53. The van der Waals surface area contributed by atoms with Crippen LogP contribution >= 0.6 is 11.6 Å². The number of hydrogen-bond donors (Lipinski definition) is 1. The first-order valence-electron chi connectivity index (χ1n) is 6.54. The second-order valence-electron chi connectivity index (χ2n) is 4.94. The summed E-state index contributed by atoms with van der Waals surface area (Å²) in [5, 5.41) is 4.97. The molecule has 8 heteroatoms. The molecule has 1 amide bonds. The van der Waals surface area contributed by atoms with Gasteiger partial charge < -0.3 is 9.64 Å². The minimum atomic E-state index is -3.62. The van der Waals surface area contributed by atoms with Crippen LogP contribution in [0, 0.1) is 0 Å². The highest BCUT2D eigenvalue weighted by Crippen LogP contribution is 2.18. The Morgan fingerprint density at radius 3 is 2.90 bits per heavy atom. The molecule has 0 radical (unpaired) electrons. The van der Waals surface area contributed by atoms with Gasteiger partial charge in [0.25, 0.3) is 5.91 Å². The van der Waals surface area contributed by atoms with Gasteiger partial charge in [0.1, 0.15) is 5.75 Å². The van der Waals surface area contributed by atoms with Gasteiger partial charge in [-0.3, -0.25) is 4.79 Å². The van der Waals surface area contributed by atoms with E-state index in [4.69, 9.17) is 21.5 Å². The van der Waals surface area contributed by atoms with Crippen molar-refractivity contribution in [2.45, 2.75) is 18.1 Å². The summed E-state index contributed by atoms with van der Waals surface area (Å²) in [7, 11) is -3.62. The monoisotopic (exact) mass is 332 g/mol. The fraction of sp³-hybridized carbons (Fsp3) is 0.462. The summed E-state index contributed by atoms with van der Waals surface area (Å²) in [6.45, 7) is 0.484. The van der Waals surface area contributed by atoms with Crippen LogP contribution in [0.15, 0.2) is 24.3 Å². The summed E-state index contributed by atoms with van der Waals surface area (Å²) in [4.78, 5) is 13.5. The standard InChI is InChI=1S/C13H17ClN2O4S/c14-10-3-1-4-11(7-10)20-9-13(17)16-6-2-5-12(8-16)21(15,18)19/h1,3-4,7,12H,2,5-6,8-9H2,(H2,15,18,19). The number of likely N-dealkylation sites (tertiary alicyclic amines) is 1. The van der Waals surface area contributed by atoms with Crippen LogP contribution in [-0.4, -0.2) is 44.2 Å². The maximum atomic E-state index is 12.1. The van der Waals surface area contributed by atoms with Crippen molar-refractivity contribution in [2.24, 2.45) is 5.14 Å². The number of piperidine rings is 1. The number of nitrogens with zero attached hydrogens (tertiary/aromatic N) is 1. The average molecular weight is 333 g/mol. The number of rotatable bonds is 4. The summed E-state index contributed by atoms with van der Waals surface area (Å²) in [6.07, 6.45) is 1.10. The fourth-order valence-electron chi connectivity index (χ4n) is 2.23. The van der Waals surface area contributed by atoms with Crippen molar-refractivity contribution in [3.05, 3.63) is 29.3 Å². The minimum absolute atomic E-state index is 0.122. The van der Waals surface area contributed by atoms with Crippen molar-refractivity contribution in [2.75, 3.05) is 19.7 Å². The molecule has 6 nitrogen and oxygen atoms in total. The number of ether oxygens (including phenoxy) is 1. The molecule has 1 aliphatic heterocycles. The smallest absolute Gasteiger partial charge is 0.260 e. The van der Waals surface area contributed by atoms with Gasteiger partial charge in [0.2, 0.25) is 10.0 Å². The summed E-state index contributed by atoms with van der Waals surface area (Å²) in [5.74, 6) is 0.235. The molecule has 1 atom stereocenters. The number of nitrogens with two attached hydrogens (primary N) is 1. The molecule has 116 valence electrons. The molecule has 1 aliphatic rings. The maximum Gasteiger partial charge on any atom is 0.260 e. The molecule has 1 aromatic rings. The Bertz CT molecular complexity index is 620. The highest BCUT2D eigenvalue weighted by Gasteiger charge is 2.30. The Hall–Kier alpha value is -1.31. The molecule has 0 aliphatic carbocycles. The van der Waals surface area contributed by atoms with E-state index in [2.05, 4.69) is 0 Å². The summed E-state index contributed by atoms with van der Waals surface area (Å²) in [5.41, 5.74) is 0. The highest BCUT2D eigenvalue weighted by atomic mass is 35.5. The zero-order valence-electron chi connectivity index (χ0n) is 11.4. The third kappa shape index (κ3) is 4.59. The molecular formula is C13H17ClN2O4S. The number of halogens is 1. The van der Waals surface area contributed by atoms with Gasteiger partial charge in [0.15, 0.2) is 6.61 Å². The second-order valence-corrected chi connectivity index (χ2v) is 7.22. The molecular weight excluding hydrogens is 316 g/mol. The largest absolute Gasteiger partial charge is 0.484 e. The lowest BCUT2D eigenvalue weighted by molar-refractivity contribution is -0.134. The van der Waals surface area contributed by atoms with Gasteiger partial charge in [-0.05, 0) is 31.0 Å². The maximum absolute atomic E-state index is 12.1. The lowest BCUT2D eigenvalue weighted by Gasteiger charge is -2.31. The SMILES string of the molecule is NS(=O)(=O)C1CCCN(C(=O)COc2cccc(Cl)c2)C1. The van der Waals surface area contributed by atoms with E-state index in [0.29, 0.717) is 30.2 Å². The fourth-order valence-corrected chi connectivity index (χ4v) is 3.29. The van der Waals surface area contributed by atoms with Gasteiger partial charge in [-0.25, -0.2) is 13.6 Å². The lowest BCUT2D eigenvalue weighted by atomic mass is 10.1.